The van der Waals surface area contributed by atoms with Gasteiger partial charge >= 0.3 is 5.97 Å². The summed E-state index contributed by atoms with van der Waals surface area (Å²) in [4.78, 5) is 37.1. The van der Waals surface area contributed by atoms with E-state index in [1.165, 1.54) is 44.6 Å². The van der Waals surface area contributed by atoms with Gasteiger partial charge in [0.25, 0.3) is 11.8 Å². The standard InChI is InChI=1S/C19H22N2O6S/c1-12(18(23)20-10-16-5-4-6-28-16)27-17(22)11-21-19(24)13-7-14(25-2)9-15(8-13)26-3/h4-9,12H,10-11H2,1-3H3,(H,20,23)(H,21,24)/t12-/m0/s1. The number of methoxy groups -OCH3 is 2. The molecule has 0 spiro atoms. The van der Waals surface area contributed by atoms with Gasteiger partial charge in [-0.1, -0.05) is 6.07 Å². The van der Waals surface area contributed by atoms with Crippen molar-refractivity contribution in [3.05, 3.63) is 46.2 Å². The first-order chi connectivity index (χ1) is 13.4. The zero-order chi connectivity index (χ0) is 20.5. The van der Waals surface area contributed by atoms with Gasteiger partial charge in [-0.2, -0.15) is 0 Å². The monoisotopic (exact) mass is 406 g/mol. The lowest BCUT2D eigenvalue weighted by atomic mass is 10.2. The number of carbonyl (C=O) groups is 3. The van der Waals surface area contributed by atoms with E-state index >= 15 is 0 Å². The number of nitrogens with one attached hydrogen (secondary N) is 2. The normalized spacial score (nSPS) is 11.2. The topological polar surface area (TPSA) is 103 Å². The summed E-state index contributed by atoms with van der Waals surface area (Å²) < 4.78 is 15.3. The summed E-state index contributed by atoms with van der Waals surface area (Å²) in [7, 11) is 2.94. The molecule has 1 heterocycles. The smallest absolute Gasteiger partial charge is 0.326 e. The fourth-order valence-electron chi connectivity index (χ4n) is 2.22. The van der Waals surface area contributed by atoms with Crippen molar-refractivity contribution < 1.29 is 28.6 Å². The van der Waals surface area contributed by atoms with Crippen molar-refractivity contribution in [2.75, 3.05) is 20.8 Å². The Morgan fingerprint density at radius 3 is 2.32 bits per heavy atom. The lowest BCUT2D eigenvalue weighted by Gasteiger charge is -2.14. The Hall–Kier alpha value is -3.07. The molecule has 1 aromatic heterocycles. The van der Waals surface area contributed by atoms with Crippen LogP contribution in [0.4, 0.5) is 0 Å². The SMILES string of the molecule is COc1cc(OC)cc(C(=O)NCC(=O)O[C@@H](C)C(=O)NCc2cccs2)c1. The van der Waals surface area contributed by atoms with Crippen LogP contribution in [0.25, 0.3) is 0 Å². The maximum Gasteiger partial charge on any atom is 0.326 e. The summed E-state index contributed by atoms with van der Waals surface area (Å²) in [5, 5.41) is 7.04. The van der Waals surface area contributed by atoms with Gasteiger partial charge in [-0.3, -0.25) is 14.4 Å². The third-order valence-corrected chi connectivity index (χ3v) is 4.58. The number of ether oxygens (including phenoxy) is 3. The average Bonchev–Trinajstić information content (AvgIpc) is 3.23. The van der Waals surface area contributed by atoms with E-state index in [2.05, 4.69) is 10.6 Å². The van der Waals surface area contributed by atoms with E-state index in [9.17, 15) is 14.4 Å². The van der Waals surface area contributed by atoms with Gasteiger partial charge in [0.1, 0.15) is 18.0 Å². The van der Waals surface area contributed by atoms with E-state index in [1.807, 2.05) is 17.5 Å². The molecule has 0 saturated carbocycles. The number of amides is 2. The minimum absolute atomic E-state index is 0.269. The molecule has 0 radical (unpaired) electrons. The van der Waals surface area contributed by atoms with Crippen molar-refractivity contribution in [3.63, 3.8) is 0 Å². The molecule has 0 saturated heterocycles. The van der Waals surface area contributed by atoms with E-state index in [0.717, 1.165) is 4.88 Å². The van der Waals surface area contributed by atoms with Crippen molar-refractivity contribution in [2.45, 2.75) is 19.6 Å². The first-order valence-corrected chi connectivity index (χ1v) is 9.31. The largest absolute Gasteiger partial charge is 0.497 e. The highest BCUT2D eigenvalue weighted by molar-refractivity contribution is 7.09. The van der Waals surface area contributed by atoms with Gasteiger partial charge in [0.05, 0.1) is 20.8 Å². The molecule has 1 aromatic carbocycles. The van der Waals surface area contributed by atoms with Crippen LogP contribution in [0.5, 0.6) is 11.5 Å². The Morgan fingerprint density at radius 2 is 1.75 bits per heavy atom. The van der Waals surface area contributed by atoms with Gasteiger partial charge < -0.3 is 24.8 Å². The number of hydrogen-bond acceptors (Lipinski definition) is 7. The molecule has 28 heavy (non-hydrogen) atoms. The number of carbonyl (C=O) groups excluding carboxylic acids is 3. The Kier molecular flexibility index (Phi) is 7.82. The molecule has 0 aliphatic carbocycles. The van der Waals surface area contributed by atoms with Crippen LogP contribution in [0.3, 0.4) is 0 Å². The Morgan fingerprint density at radius 1 is 1.07 bits per heavy atom. The molecule has 2 aromatic rings. The molecule has 0 unspecified atom stereocenters. The molecule has 2 N–H and O–H groups in total. The number of esters is 1. The maximum absolute atomic E-state index is 12.2. The molecule has 9 heteroatoms. The van der Waals surface area contributed by atoms with Crippen LogP contribution in [0, 0.1) is 0 Å². The molecular weight excluding hydrogens is 384 g/mol. The second-order valence-electron chi connectivity index (χ2n) is 5.71. The predicted octanol–water partition coefficient (Wildman–Crippen LogP) is 1.74. The van der Waals surface area contributed by atoms with Crippen molar-refractivity contribution in [3.8, 4) is 11.5 Å². The molecule has 0 fully saturated rings. The van der Waals surface area contributed by atoms with Gasteiger partial charge in [0, 0.05) is 16.5 Å². The first kappa shape index (κ1) is 21.2. The minimum atomic E-state index is -0.971. The first-order valence-electron chi connectivity index (χ1n) is 8.43. The van der Waals surface area contributed by atoms with Gasteiger partial charge in [-0.15, -0.1) is 11.3 Å². The lowest BCUT2D eigenvalue weighted by Crippen LogP contribution is -2.38. The molecule has 2 rings (SSSR count). The third kappa shape index (κ3) is 6.27. The van der Waals surface area contributed by atoms with Gasteiger partial charge in [-0.05, 0) is 30.5 Å². The zero-order valence-corrected chi connectivity index (χ0v) is 16.6. The molecule has 0 aliphatic rings. The lowest BCUT2D eigenvalue weighted by molar-refractivity contribution is -0.153. The molecule has 0 bridgehead atoms. The summed E-state index contributed by atoms with van der Waals surface area (Å²) in [6.07, 6.45) is -0.971. The van der Waals surface area contributed by atoms with Crippen LogP contribution in [-0.2, 0) is 20.9 Å². The van der Waals surface area contributed by atoms with Crippen LogP contribution < -0.4 is 20.1 Å². The summed E-state index contributed by atoms with van der Waals surface area (Å²) >= 11 is 1.52. The van der Waals surface area contributed by atoms with E-state index in [4.69, 9.17) is 14.2 Å². The van der Waals surface area contributed by atoms with Crippen molar-refractivity contribution in [2.24, 2.45) is 0 Å². The van der Waals surface area contributed by atoms with E-state index < -0.39 is 23.9 Å². The zero-order valence-electron chi connectivity index (χ0n) is 15.8. The van der Waals surface area contributed by atoms with Gasteiger partial charge in [0.15, 0.2) is 6.10 Å². The number of rotatable bonds is 9. The highest BCUT2D eigenvalue weighted by Crippen LogP contribution is 2.22. The molecule has 150 valence electrons. The van der Waals surface area contributed by atoms with E-state index in [0.29, 0.717) is 18.0 Å². The highest BCUT2D eigenvalue weighted by Gasteiger charge is 2.18. The Balaban J connectivity index is 1.81. The summed E-state index contributed by atoms with van der Waals surface area (Å²) in [6, 6.07) is 8.44. The molecule has 1 atom stereocenters. The summed E-state index contributed by atoms with van der Waals surface area (Å²) in [6.45, 7) is 1.46. The van der Waals surface area contributed by atoms with Gasteiger partial charge in [0.2, 0.25) is 0 Å². The second kappa shape index (κ2) is 10.3. The predicted molar refractivity (Wildman–Crippen MR) is 104 cm³/mol. The van der Waals surface area contributed by atoms with Crippen LogP contribution in [0.15, 0.2) is 35.7 Å². The highest BCUT2D eigenvalue weighted by atomic mass is 32.1. The van der Waals surface area contributed by atoms with Crippen molar-refractivity contribution in [1.82, 2.24) is 10.6 Å². The average molecular weight is 406 g/mol. The summed E-state index contributed by atoms with van der Waals surface area (Å²) in [5.74, 6) is -0.734. The maximum atomic E-state index is 12.2. The fraction of sp³-hybridized carbons (Fsp3) is 0.316. The van der Waals surface area contributed by atoms with Crippen LogP contribution in [-0.4, -0.2) is 44.7 Å². The number of benzene rings is 1. The van der Waals surface area contributed by atoms with Crippen LogP contribution in [0.1, 0.15) is 22.2 Å². The molecule has 2 amide bonds. The minimum Gasteiger partial charge on any atom is -0.497 e. The number of hydrogen-bond donors (Lipinski definition) is 2. The second-order valence-corrected chi connectivity index (χ2v) is 6.75. The molecular formula is C19H22N2O6S. The van der Waals surface area contributed by atoms with Crippen LogP contribution in [0.2, 0.25) is 0 Å². The Bertz CT molecular complexity index is 800. The van der Waals surface area contributed by atoms with Gasteiger partial charge in [-0.25, -0.2) is 0 Å². The fourth-order valence-corrected chi connectivity index (χ4v) is 2.86. The summed E-state index contributed by atoms with van der Waals surface area (Å²) in [5.41, 5.74) is 0.269. The van der Waals surface area contributed by atoms with Crippen LogP contribution >= 0.6 is 11.3 Å². The number of thiophene rings is 1. The van der Waals surface area contributed by atoms with Crippen molar-refractivity contribution >= 4 is 29.1 Å². The van der Waals surface area contributed by atoms with Crippen molar-refractivity contribution in [1.29, 1.82) is 0 Å². The quantitative estimate of drug-likeness (QED) is 0.615. The Labute approximate surface area is 166 Å². The molecule has 0 aliphatic heterocycles. The third-order valence-electron chi connectivity index (χ3n) is 3.70. The van der Waals surface area contributed by atoms with E-state index in [-0.39, 0.29) is 12.1 Å². The van der Waals surface area contributed by atoms with E-state index in [1.54, 1.807) is 6.07 Å². The molecule has 8 nitrogen and oxygen atoms in total.